The standard InChI is InChI=1S/C11H10N2S/c1-8(10(7-12)11(13)14)9-5-3-2-4-6-9/h2-6H,1H3,(H2,13,14)/b10-8-. The molecule has 1 rings (SSSR count). The van der Waals surface area contributed by atoms with E-state index in [1.54, 1.807) is 0 Å². The smallest absolute Gasteiger partial charge is 0.114 e. The van der Waals surface area contributed by atoms with Gasteiger partial charge in [-0.25, -0.2) is 0 Å². The highest BCUT2D eigenvalue weighted by Crippen LogP contribution is 2.17. The first-order valence-corrected chi connectivity index (χ1v) is 4.54. The van der Waals surface area contributed by atoms with Gasteiger partial charge in [0.1, 0.15) is 11.1 Å². The number of hydrogen-bond donors (Lipinski definition) is 1. The first kappa shape index (κ1) is 10.4. The Kier molecular flexibility index (Phi) is 3.38. The summed E-state index contributed by atoms with van der Waals surface area (Å²) < 4.78 is 0. The number of benzene rings is 1. The molecule has 0 radical (unpaired) electrons. The minimum absolute atomic E-state index is 0.147. The monoisotopic (exact) mass is 202 g/mol. The quantitative estimate of drug-likeness (QED) is 0.454. The molecule has 0 unspecified atom stereocenters. The van der Waals surface area contributed by atoms with Crippen LogP contribution in [0.15, 0.2) is 35.9 Å². The van der Waals surface area contributed by atoms with Crippen LogP contribution in [0.1, 0.15) is 12.5 Å². The molecule has 0 aromatic heterocycles. The van der Waals surface area contributed by atoms with Gasteiger partial charge in [-0.2, -0.15) is 5.26 Å². The molecule has 0 heterocycles. The maximum atomic E-state index is 8.85. The summed E-state index contributed by atoms with van der Waals surface area (Å²) in [6.45, 7) is 1.84. The predicted molar refractivity (Wildman–Crippen MR) is 61.4 cm³/mol. The zero-order valence-corrected chi connectivity index (χ0v) is 8.64. The topological polar surface area (TPSA) is 49.8 Å². The molecule has 0 aliphatic heterocycles. The molecule has 2 N–H and O–H groups in total. The van der Waals surface area contributed by atoms with Crippen LogP contribution in [0.5, 0.6) is 0 Å². The van der Waals surface area contributed by atoms with E-state index in [0.29, 0.717) is 5.57 Å². The Bertz CT molecular complexity index is 413. The van der Waals surface area contributed by atoms with Crippen LogP contribution in [0.2, 0.25) is 0 Å². The summed E-state index contributed by atoms with van der Waals surface area (Å²) in [5.41, 5.74) is 7.61. The van der Waals surface area contributed by atoms with Gasteiger partial charge in [0.25, 0.3) is 0 Å². The van der Waals surface area contributed by atoms with Crippen molar-refractivity contribution in [1.29, 1.82) is 5.26 Å². The molecule has 0 amide bonds. The van der Waals surface area contributed by atoms with Gasteiger partial charge >= 0.3 is 0 Å². The third-order valence-electron chi connectivity index (χ3n) is 1.94. The van der Waals surface area contributed by atoms with Gasteiger partial charge in [0.05, 0.1) is 5.57 Å². The number of rotatable bonds is 2. The molecule has 0 aliphatic rings. The fourth-order valence-electron chi connectivity index (χ4n) is 1.16. The number of nitrogens with two attached hydrogens (primary N) is 1. The lowest BCUT2D eigenvalue weighted by molar-refractivity contribution is 1.48. The van der Waals surface area contributed by atoms with Crippen molar-refractivity contribution in [3.05, 3.63) is 41.5 Å². The Labute approximate surface area is 88.7 Å². The van der Waals surface area contributed by atoms with Gasteiger partial charge in [-0.15, -0.1) is 0 Å². The van der Waals surface area contributed by atoms with Crippen LogP contribution in [0, 0.1) is 11.3 Å². The van der Waals surface area contributed by atoms with Gasteiger partial charge in [0.2, 0.25) is 0 Å². The lowest BCUT2D eigenvalue weighted by Gasteiger charge is -2.03. The van der Waals surface area contributed by atoms with Crippen LogP contribution < -0.4 is 5.73 Å². The molecule has 0 saturated carbocycles. The van der Waals surface area contributed by atoms with Crippen LogP contribution in [0.4, 0.5) is 0 Å². The lowest BCUT2D eigenvalue weighted by atomic mass is 10.0. The van der Waals surface area contributed by atoms with E-state index in [9.17, 15) is 0 Å². The van der Waals surface area contributed by atoms with Crippen molar-refractivity contribution in [3.63, 3.8) is 0 Å². The molecule has 0 fully saturated rings. The van der Waals surface area contributed by atoms with Crippen LogP contribution in [0.3, 0.4) is 0 Å². The van der Waals surface area contributed by atoms with E-state index in [0.717, 1.165) is 11.1 Å². The van der Waals surface area contributed by atoms with Crippen molar-refractivity contribution < 1.29 is 0 Å². The van der Waals surface area contributed by atoms with Gasteiger partial charge in [0, 0.05) is 0 Å². The second-order valence-corrected chi connectivity index (χ2v) is 3.28. The number of nitriles is 1. The number of allylic oxidation sites excluding steroid dienone is 1. The summed E-state index contributed by atoms with van der Waals surface area (Å²) in [6, 6.07) is 11.6. The van der Waals surface area contributed by atoms with Crippen LogP contribution >= 0.6 is 12.2 Å². The Morgan fingerprint density at radius 2 is 1.93 bits per heavy atom. The normalized spacial score (nSPS) is 11.4. The third kappa shape index (κ3) is 2.18. The van der Waals surface area contributed by atoms with E-state index in [2.05, 4.69) is 0 Å². The average Bonchev–Trinajstić information content (AvgIpc) is 2.19. The summed E-state index contributed by atoms with van der Waals surface area (Å²) >= 11 is 4.79. The number of nitrogens with zero attached hydrogens (tertiary/aromatic N) is 1. The molecule has 0 saturated heterocycles. The minimum atomic E-state index is 0.147. The van der Waals surface area contributed by atoms with Gasteiger partial charge in [-0.3, -0.25) is 0 Å². The highest BCUT2D eigenvalue weighted by molar-refractivity contribution is 7.80. The molecule has 2 nitrogen and oxygen atoms in total. The fraction of sp³-hybridized carbons (Fsp3) is 0.0909. The number of hydrogen-bond acceptors (Lipinski definition) is 2. The lowest BCUT2D eigenvalue weighted by Crippen LogP contribution is -2.11. The summed E-state index contributed by atoms with van der Waals surface area (Å²) in [5, 5.41) is 8.85. The van der Waals surface area contributed by atoms with Crippen molar-refractivity contribution in [2.45, 2.75) is 6.92 Å². The molecule has 0 aliphatic carbocycles. The second kappa shape index (κ2) is 4.54. The Balaban J connectivity index is 3.23. The van der Waals surface area contributed by atoms with Crippen molar-refractivity contribution >= 4 is 22.8 Å². The van der Waals surface area contributed by atoms with Gasteiger partial charge in [0.15, 0.2) is 0 Å². The van der Waals surface area contributed by atoms with Crippen LogP contribution in [-0.2, 0) is 0 Å². The first-order valence-electron chi connectivity index (χ1n) is 4.13. The molecule has 1 aromatic rings. The summed E-state index contributed by atoms with van der Waals surface area (Å²) in [4.78, 5) is 0.147. The van der Waals surface area contributed by atoms with E-state index in [-0.39, 0.29) is 4.99 Å². The maximum absolute atomic E-state index is 8.85. The van der Waals surface area contributed by atoms with Crippen molar-refractivity contribution in [1.82, 2.24) is 0 Å². The van der Waals surface area contributed by atoms with Crippen molar-refractivity contribution in [3.8, 4) is 6.07 Å². The Morgan fingerprint density at radius 3 is 2.36 bits per heavy atom. The minimum Gasteiger partial charge on any atom is -0.389 e. The van der Waals surface area contributed by atoms with Gasteiger partial charge in [-0.1, -0.05) is 42.5 Å². The highest BCUT2D eigenvalue weighted by Gasteiger charge is 2.06. The maximum Gasteiger partial charge on any atom is 0.114 e. The van der Waals surface area contributed by atoms with Crippen molar-refractivity contribution in [2.75, 3.05) is 0 Å². The SMILES string of the molecule is C/C(=C(\C#N)C(N)=S)c1ccccc1. The van der Waals surface area contributed by atoms with E-state index in [1.807, 2.05) is 43.3 Å². The summed E-state index contributed by atoms with van der Waals surface area (Å²) in [6.07, 6.45) is 0. The Morgan fingerprint density at radius 1 is 1.36 bits per heavy atom. The molecule has 3 heteroatoms. The van der Waals surface area contributed by atoms with E-state index >= 15 is 0 Å². The summed E-state index contributed by atoms with van der Waals surface area (Å²) in [5.74, 6) is 0. The van der Waals surface area contributed by atoms with Crippen LogP contribution in [0.25, 0.3) is 5.57 Å². The van der Waals surface area contributed by atoms with Gasteiger partial charge < -0.3 is 5.73 Å². The Hall–Kier alpha value is -1.66. The van der Waals surface area contributed by atoms with E-state index in [4.69, 9.17) is 23.2 Å². The molecule has 0 bridgehead atoms. The fourth-order valence-corrected chi connectivity index (χ4v) is 1.35. The largest absolute Gasteiger partial charge is 0.389 e. The molecule has 0 spiro atoms. The third-order valence-corrected chi connectivity index (χ3v) is 2.14. The zero-order valence-electron chi connectivity index (χ0n) is 7.82. The molecule has 14 heavy (non-hydrogen) atoms. The second-order valence-electron chi connectivity index (χ2n) is 2.84. The van der Waals surface area contributed by atoms with E-state index < -0.39 is 0 Å². The van der Waals surface area contributed by atoms with Crippen molar-refractivity contribution in [2.24, 2.45) is 5.73 Å². The molecule has 0 atom stereocenters. The number of thiocarbonyl (C=S) groups is 1. The first-order chi connectivity index (χ1) is 6.66. The highest BCUT2D eigenvalue weighted by atomic mass is 32.1. The van der Waals surface area contributed by atoms with Crippen LogP contribution in [-0.4, -0.2) is 4.99 Å². The molecular weight excluding hydrogens is 192 g/mol. The molecule has 1 aromatic carbocycles. The van der Waals surface area contributed by atoms with E-state index in [1.165, 1.54) is 0 Å². The van der Waals surface area contributed by atoms with Gasteiger partial charge in [-0.05, 0) is 18.1 Å². The predicted octanol–water partition coefficient (Wildman–Crippen LogP) is 2.27. The molecule has 70 valence electrons. The summed E-state index contributed by atoms with van der Waals surface area (Å²) in [7, 11) is 0. The average molecular weight is 202 g/mol. The molecular formula is C11H10N2S. The zero-order chi connectivity index (χ0) is 10.6.